The molecule has 0 aromatic heterocycles. The van der Waals surface area contributed by atoms with Crippen LogP contribution in [0, 0.1) is 0 Å². The van der Waals surface area contributed by atoms with Gasteiger partial charge in [-0.1, -0.05) is 30.3 Å². The van der Waals surface area contributed by atoms with Gasteiger partial charge in [0.15, 0.2) is 0 Å². The number of rotatable bonds is 6. The molecule has 0 radical (unpaired) electrons. The molecule has 0 unspecified atom stereocenters. The van der Waals surface area contributed by atoms with E-state index < -0.39 is 11.8 Å². The predicted molar refractivity (Wildman–Crippen MR) is 123 cm³/mol. The van der Waals surface area contributed by atoms with Crippen molar-refractivity contribution in [2.45, 2.75) is 6.92 Å². The summed E-state index contributed by atoms with van der Waals surface area (Å²) in [7, 11) is 1.55. The van der Waals surface area contributed by atoms with Crippen LogP contribution in [0.4, 0.5) is 17.1 Å². The second kappa shape index (κ2) is 8.77. The van der Waals surface area contributed by atoms with E-state index in [-0.39, 0.29) is 17.2 Å². The number of nitrogens with one attached hydrogen (secondary N) is 2. The molecule has 0 saturated heterocycles. The number of hydrogen-bond donors (Lipinski definition) is 2. The molecule has 0 fully saturated rings. The molecule has 0 atom stereocenters. The molecule has 0 bridgehead atoms. The Balaban J connectivity index is 1.71. The number of methoxy groups -OCH3 is 1. The van der Waals surface area contributed by atoms with E-state index in [0.717, 1.165) is 4.90 Å². The molecule has 7 nitrogen and oxygen atoms in total. The van der Waals surface area contributed by atoms with Crippen molar-refractivity contribution in [2.24, 2.45) is 0 Å². The van der Waals surface area contributed by atoms with Crippen LogP contribution in [-0.2, 0) is 14.4 Å². The smallest absolute Gasteiger partial charge is 0.282 e. The second-order valence-corrected chi connectivity index (χ2v) is 7.14. The van der Waals surface area contributed by atoms with Crippen LogP contribution in [0.25, 0.3) is 5.57 Å². The third-order valence-corrected chi connectivity index (χ3v) is 4.95. The quantitative estimate of drug-likeness (QED) is 0.580. The van der Waals surface area contributed by atoms with Crippen molar-refractivity contribution < 1.29 is 19.1 Å². The lowest BCUT2D eigenvalue weighted by atomic mass is 10.0. The van der Waals surface area contributed by atoms with Crippen molar-refractivity contribution in [1.29, 1.82) is 0 Å². The van der Waals surface area contributed by atoms with Crippen LogP contribution in [0.3, 0.4) is 0 Å². The summed E-state index contributed by atoms with van der Waals surface area (Å²) in [6.45, 7) is 1.43. The average Bonchev–Trinajstić information content (AvgIpc) is 3.04. The number of ether oxygens (including phenoxy) is 1. The lowest BCUT2D eigenvalue weighted by Gasteiger charge is -2.16. The SMILES string of the molecule is COc1ccc(N2C(=O)C(Nc3ccc(NC(C)=O)cc3)=C(c3ccccc3)C2=O)cc1. The Bertz CT molecular complexity index is 1200. The van der Waals surface area contributed by atoms with Crippen LogP contribution < -0.4 is 20.3 Å². The molecule has 3 amide bonds. The first-order valence-electron chi connectivity index (χ1n) is 9.95. The zero-order valence-corrected chi connectivity index (χ0v) is 17.6. The molecule has 2 N–H and O–H groups in total. The van der Waals surface area contributed by atoms with Crippen LogP contribution >= 0.6 is 0 Å². The Morgan fingerprint density at radius 1 is 0.812 bits per heavy atom. The molecule has 0 aliphatic carbocycles. The predicted octanol–water partition coefficient (Wildman–Crippen LogP) is 4.05. The number of imide groups is 1. The zero-order valence-electron chi connectivity index (χ0n) is 17.6. The van der Waals surface area contributed by atoms with E-state index >= 15 is 0 Å². The molecule has 1 heterocycles. The molecule has 4 rings (SSSR count). The Labute approximate surface area is 185 Å². The number of anilines is 3. The van der Waals surface area contributed by atoms with E-state index in [9.17, 15) is 14.4 Å². The average molecular weight is 427 g/mol. The van der Waals surface area contributed by atoms with Gasteiger partial charge in [0.1, 0.15) is 11.4 Å². The second-order valence-electron chi connectivity index (χ2n) is 7.14. The lowest BCUT2D eigenvalue weighted by Crippen LogP contribution is -2.32. The van der Waals surface area contributed by atoms with E-state index in [4.69, 9.17) is 4.74 Å². The standard InChI is InChI=1S/C25H21N3O4/c1-16(29)26-18-8-10-19(11-9-18)27-23-22(17-6-4-3-5-7-17)24(30)28(25(23)31)20-12-14-21(32-2)15-13-20/h3-15,27H,1-2H3,(H,26,29). The number of nitrogens with zero attached hydrogens (tertiary/aromatic N) is 1. The minimum Gasteiger partial charge on any atom is -0.497 e. The summed E-state index contributed by atoms with van der Waals surface area (Å²) < 4.78 is 5.17. The van der Waals surface area contributed by atoms with Crippen LogP contribution in [0.5, 0.6) is 5.75 Å². The van der Waals surface area contributed by atoms with E-state index in [0.29, 0.717) is 28.4 Å². The van der Waals surface area contributed by atoms with E-state index in [1.807, 2.05) is 18.2 Å². The van der Waals surface area contributed by atoms with Crippen molar-refractivity contribution in [3.63, 3.8) is 0 Å². The van der Waals surface area contributed by atoms with Gasteiger partial charge in [-0.25, -0.2) is 4.90 Å². The first kappa shape index (κ1) is 20.9. The number of carbonyl (C=O) groups is 3. The van der Waals surface area contributed by atoms with Gasteiger partial charge < -0.3 is 15.4 Å². The number of amides is 3. The van der Waals surface area contributed by atoms with Gasteiger partial charge in [0.05, 0.1) is 18.4 Å². The first-order valence-corrected chi connectivity index (χ1v) is 9.95. The topological polar surface area (TPSA) is 87.7 Å². The minimum absolute atomic E-state index is 0.175. The monoisotopic (exact) mass is 427 g/mol. The summed E-state index contributed by atoms with van der Waals surface area (Å²) in [6.07, 6.45) is 0. The first-order chi connectivity index (χ1) is 15.5. The van der Waals surface area contributed by atoms with Crippen molar-refractivity contribution >= 4 is 40.4 Å². The molecular formula is C25H21N3O4. The molecule has 32 heavy (non-hydrogen) atoms. The van der Waals surface area contributed by atoms with Crippen molar-refractivity contribution in [3.05, 3.63) is 90.1 Å². The summed E-state index contributed by atoms with van der Waals surface area (Å²) in [5, 5.41) is 5.80. The van der Waals surface area contributed by atoms with Gasteiger partial charge in [0.2, 0.25) is 5.91 Å². The molecule has 0 saturated carbocycles. The van der Waals surface area contributed by atoms with Crippen LogP contribution in [0.2, 0.25) is 0 Å². The fourth-order valence-corrected chi connectivity index (χ4v) is 3.47. The number of benzene rings is 3. The molecule has 3 aromatic rings. The fraction of sp³-hybridized carbons (Fsp3) is 0.0800. The van der Waals surface area contributed by atoms with Crippen molar-refractivity contribution in [1.82, 2.24) is 0 Å². The van der Waals surface area contributed by atoms with E-state index in [1.54, 1.807) is 67.8 Å². The van der Waals surface area contributed by atoms with Crippen molar-refractivity contribution in [2.75, 3.05) is 22.6 Å². The summed E-state index contributed by atoms with van der Waals surface area (Å²) >= 11 is 0. The summed E-state index contributed by atoms with van der Waals surface area (Å²) in [5.74, 6) is -0.415. The summed E-state index contributed by atoms with van der Waals surface area (Å²) in [4.78, 5) is 39.1. The minimum atomic E-state index is -0.454. The van der Waals surface area contributed by atoms with Crippen LogP contribution in [0.1, 0.15) is 12.5 Å². The highest BCUT2D eigenvalue weighted by molar-refractivity contribution is 6.46. The molecule has 0 spiro atoms. The largest absolute Gasteiger partial charge is 0.497 e. The molecular weight excluding hydrogens is 406 g/mol. The fourth-order valence-electron chi connectivity index (χ4n) is 3.47. The van der Waals surface area contributed by atoms with Crippen LogP contribution in [-0.4, -0.2) is 24.8 Å². The maximum Gasteiger partial charge on any atom is 0.282 e. The number of hydrogen-bond acceptors (Lipinski definition) is 5. The normalized spacial score (nSPS) is 13.4. The van der Waals surface area contributed by atoms with Crippen molar-refractivity contribution in [3.8, 4) is 5.75 Å². The Kier molecular flexibility index (Phi) is 5.72. The molecule has 7 heteroatoms. The highest BCUT2D eigenvalue weighted by atomic mass is 16.5. The van der Waals surface area contributed by atoms with Gasteiger partial charge in [-0.2, -0.15) is 0 Å². The van der Waals surface area contributed by atoms with Gasteiger partial charge in [-0.3, -0.25) is 14.4 Å². The van der Waals surface area contributed by atoms with Gasteiger partial charge >= 0.3 is 0 Å². The Morgan fingerprint density at radius 2 is 1.44 bits per heavy atom. The van der Waals surface area contributed by atoms with Gasteiger partial charge in [-0.05, 0) is 54.1 Å². The molecule has 1 aliphatic rings. The van der Waals surface area contributed by atoms with E-state index in [2.05, 4.69) is 10.6 Å². The van der Waals surface area contributed by atoms with E-state index in [1.165, 1.54) is 6.92 Å². The highest BCUT2D eigenvalue weighted by Gasteiger charge is 2.40. The highest BCUT2D eigenvalue weighted by Crippen LogP contribution is 2.34. The summed E-state index contributed by atoms with van der Waals surface area (Å²) in [5.41, 5.74) is 2.81. The molecule has 1 aliphatic heterocycles. The lowest BCUT2D eigenvalue weighted by molar-refractivity contribution is -0.120. The van der Waals surface area contributed by atoms with Gasteiger partial charge in [0, 0.05) is 18.3 Å². The third kappa shape index (κ3) is 4.09. The number of carbonyl (C=O) groups excluding carboxylic acids is 3. The summed E-state index contributed by atoms with van der Waals surface area (Å²) in [6, 6.07) is 22.7. The third-order valence-electron chi connectivity index (χ3n) is 4.95. The van der Waals surface area contributed by atoms with Crippen LogP contribution in [0.15, 0.2) is 84.6 Å². The van der Waals surface area contributed by atoms with Gasteiger partial charge in [0.25, 0.3) is 11.8 Å². The maximum atomic E-state index is 13.4. The maximum absolute atomic E-state index is 13.4. The Hall–Kier alpha value is -4.39. The zero-order chi connectivity index (χ0) is 22.7. The van der Waals surface area contributed by atoms with Gasteiger partial charge in [-0.15, -0.1) is 0 Å². The molecule has 160 valence electrons. The molecule has 3 aromatic carbocycles. The Morgan fingerprint density at radius 3 is 2.03 bits per heavy atom.